The topological polar surface area (TPSA) is 191 Å². The van der Waals surface area contributed by atoms with Gasteiger partial charge in [0, 0.05) is 52.1 Å². The molecule has 4 fully saturated rings. The standard InChI is InChI=1S/C44H73NO13/c1-11-12-18-43(6)24-25(2)19-34(54-8)39-35(55-9)21-27(4)44(52,58-39)40(49)41(50)45-30(14-13-15-37(45)56-10)42(51)57-38(28(5)32(47)23-36(43)48)26(3)20-29-16-17-31(46)33(22-29)53-7/h12,18,20,25,27-35,37-40,46-47,49,52H,11,13-17,19,21-24H2,1-10H3/b18-12+,26-20+/t25-,27-,28-,29+,30+,31-,32+,33-,34?,35+,37+,38-,39-,40?,43-,44-/m1/s1. The van der Waals surface area contributed by atoms with Crippen LogP contribution in [-0.2, 0) is 42.8 Å². The lowest BCUT2D eigenvalue weighted by atomic mass is 9.73. The maximum absolute atomic E-state index is 14.6. The summed E-state index contributed by atoms with van der Waals surface area (Å²) in [4.78, 5) is 44.7. The average Bonchev–Trinajstić information content (AvgIpc) is 3.20. The van der Waals surface area contributed by atoms with E-state index in [-0.39, 0.29) is 43.0 Å². The van der Waals surface area contributed by atoms with Gasteiger partial charge < -0.3 is 53.7 Å². The van der Waals surface area contributed by atoms with Crippen molar-refractivity contribution in [2.75, 3.05) is 28.4 Å². The van der Waals surface area contributed by atoms with Gasteiger partial charge in [-0.15, -0.1) is 0 Å². The second-order valence-corrected chi connectivity index (χ2v) is 17.8. The number of ether oxygens (including phenoxy) is 6. The summed E-state index contributed by atoms with van der Waals surface area (Å²) in [6.07, 6.45) is 1.76. The highest BCUT2D eigenvalue weighted by Gasteiger charge is 2.57. The van der Waals surface area contributed by atoms with Crippen molar-refractivity contribution in [1.29, 1.82) is 0 Å². The number of fused-ring (bicyclic) bond motifs is 3. The number of cyclic esters (lactones) is 1. The van der Waals surface area contributed by atoms with Crippen LogP contribution in [0.1, 0.15) is 112 Å². The Morgan fingerprint density at radius 2 is 1.53 bits per heavy atom. The SMILES string of the molecule is CC/C=C/[C@]1(C)C[C@H](C)CC(OC)[C@H]2O[C@@](O)(C(O)C(=O)N3[C@@H](OC)CCC[C@H]3C(=O)O[C@H](/C(C)=C/[C@@H]3CC[C@@H](O)[C@H](OC)C3)[C@H](C)[C@@H](O)CC1=O)[C@H](C)C[C@@H]2OC. The first-order valence-electron chi connectivity index (χ1n) is 21.4. The van der Waals surface area contributed by atoms with Gasteiger partial charge in [0.15, 0.2) is 6.10 Å². The van der Waals surface area contributed by atoms with E-state index in [0.717, 1.165) is 4.90 Å². The number of amides is 1. The zero-order valence-corrected chi connectivity index (χ0v) is 36.5. The molecule has 3 saturated heterocycles. The van der Waals surface area contributed by atoms with Crippen LogP contribution in [0.15, 0.2) is 23.8 Å². The van der Waals surface area contributed by atoms with Crippen molar-refractivity contribution in [1.82, 2.24) is 4.90 Å². The molecule has 4 aliphatic rings. The molecule has 1 saturated carbocycles. The second kappa shape index (κ2) is 21.0. The fourth-order valence-electron chi connectivity index (χ4n) is 9.85. The molecule has 16 atom stereocenters. The van der Waals surface area contributed by atoms with Crippen LogP contribution >= 0.6 is 0 Å². The Morgan fingerprint density at radius 3 is 2.16 bits per heavy atom. The van der Waals surface area contributed by atoms with E-state index in [1.807, 2.05) is 45.9 Å². The summed E-state index contributed by atoms with van der Waals surface area (Å²) in [7, 11) is 6.02. The number of hydrogen-bond donors (Lipinski definition) is 4. The van der Waals surface area contributed by atoms with Gasteiger partial charge in [-0.25, -0.2) is 4.79 Å². The molecular weight excluding hydrogens is 750 g/mol. The molecular formula is C44H73NO13. The number of aliphatic hydroxyl groups excluding tert-OH is 3. The normalized spacial score (nSPS) is 43.3. The Labute approximate surface area is 345 Å². The average molecular weight is 824 g/mol. The largest absolute Gasteiger partial charge is 0.456 e. The van der Waals surface area contributed by atoms with Crippen molar-refractivity contribution in [3.05, 3.63) is 23.8 Å². The summed E-state index contributed by atoms with van der Waals surface area (Å²) in [5.41, 5.74) is -0.326. The van der Waals surface area contributed by atoms with Crippen LogP contribution in [0.5, 0.6) is 0 Å². The lowest BCUT2D eigenvalue weighted by Gasteiger charge is -2.50. The molecule has 14 nitrogen and oxygen atoms in total. The van der Waals surface area contributed by atoms with Gasteiger partial charge in [-0.1, -0.05) is 45.9 Å². The number of piperidine rings is 1. The third kappa shape index (κ3) is 10.8. The zero-order chi connectivity index (χ0) is 43.1. The summed E-state index contributed by atoms with van der Waals surface area (Å²) in [5.74, 6) is -6.00. The van der Waals surface area contributed by atoms with Crippen molar-refractivity contribution in [2.24, 2.45) is 29.1 Å². The monoisotopic (exact) mass is 824 g/mol. The predicted octanol–water partition coefficient (Wildman–Crippen LogP) is 4.24. The highest BCUT2D eigenvalue weighted by atomic mass is 16.7. The number of carbonyl (C=O) groups excluding carboxylic acids is 3. The third-order valence-corrected chi connectivity index (χ3v) is 13.5. The number of hydrogen-bond acceptors (Lipinski definition) is 13. The van der Waals surface area contributed by atoms with Crippen LogP contribution in [0.3, 0.4) is 0 Å². The van der Waals surface area contributed by atoms with E-state index in [4.69, 9.17) is 28.4 Å². The van der Waals surface area contributed by atoms with Crippen molar-refractivity contribution < 1.29 is 63.2 Å². The van der Waals surface area contributed by atoms with E-state index < -0.39 is 89.9 Å². The van der Waals surface area contributed by atoms with Crippen LogP contribution in [0, 0.1) is 29.1 Å². The molecule has 58 heavy (non-hydrogen) atoms. The second-order valence-electron chi connectivity index (χ2n) is 17.8. The minimum absolute atomic E-state index is 0.0181. The molecule has 0 aromatic carbocycles. The molecule has 0 aromatic heterocycles. The number of esters is 1. The van der Waals surface area contributed by atoms with E-state index in [1.54, 1.807) is 21.0 Å². The van der Waals surface area contributed by atoms with E-state index in [1.165, 1.54) is 21.3 Å². The van der Waals surface area contributed by atoms with E-state index in [9.17, 15) is 34.8 Å². The summed E-state index contributed by atoms with van der Waals surface area (Å²) in [6, 6.07) is -1.22. The maximum atomic E-state index is 14.6. The van der Waals surface area contributed by atoms with Crippen molar-refractivity contribution in [3.63, 3.8) is 0 Å². The molecule has 2 bridgehead atoms. The van der Waals surface area contributed by atoms with Crippen molar-refractivity contribution in [3.8, 4) is 0 Å². The number of aliphatic hydroxyl groups is 4. The molecule has 3 heterocycles. The molecule has 3 aliphatic heterocycles. The van der Waals surface area contributed by atoms with Gasteiger partial charge in [0.1, 0.15) is 30.3 Å². The maximum Gasteiger partial charge on any atom is 0.329 e. The quantitative estimate of drug-likeness (QED) is 0.201. The minimum Gasteiger partial charge on any atom is -0.456 e. The molecule has 1 amide bonds. The van der Waals surface area contributed by atoms with Gasteiger partial charge in [-0.2, -0.15) is 0 Å². The summed E-state index contributed by atoms with van der Waals surface area (Å²) in [5, 5.41) is 46.5. The summed E-state index contributed by atoms with van der Waals surface area (Å²) in [6.45, 7) is 11.1. The smallest absolute Gasteiger partial charge is 0.329 e. The Hall–Kier alpha value is -2.27. The lowest BCUT2D eigenvalue weighted by molar-refractivity contribution is -0.347. The van der Waals surface area contributed by atoms with Gasteiger partial charge >= 0.3 is 5.97 Å². The van der Waals surface area contributed by atoms with E-state index >= 15 is 0 Å². The van der Waals surface area contributed by atoms with Gasteiger partial charge in [0.2, 0.25) is 5.79 Å². The molecule has 2 unspecified atom stereocenters. The Kier molecular flexibility index (Phi) is 17.5. The molecule has 0 radical (unpaired) electrons. The third-order valence-electron chi connectivity index (χ3n) is 13.5. The Bertz CT molecular complexity index is 1440. The first-order chi connectivity index (χ1) is 27.4. The zero-order valence-electron chi connectivity index (χ0n) is 36.5. The van der Waals surface area contributed by atoms with Crippen LogP contribution in [-0.4, -0.2) is 138 Å². The van der Waals surface area contributed by atoms with Gasteiger partial charge in [0.25, 0.3) is 5.91 Å². The molecule has 0 spiro atoms. The highest BCUT2D eigenvalue weighted by Crippen LogP contribution is 2.42. The fraction of sp³-hybridized carbons (Fsp3) is 0.841. The lowest BCUT2D eigenvalue weighted by Crippen LogP contribution is -2.67. The van der Waals surface area contributed by atoms with Crippen molar-refractivity contribution >= 4 is 17.7 Å². The van der Waals surface area contributed by atoms with Crippen LogP contribution < -0.4 is 0 Å². The summed E-state index contributed by atoms with van der Waals surface area (Å²) >= 11 is 0. The number of Topliss-reactive ketones (excluding diaryl/α,β-unsaturated/α-hetero) is 1. The van der Waals surface area contributed by atoms with E-state index in [0.29, 0.717) is 56.9 Å². The fourth-order valence-corrected chi connectivity index (χ4v) is 9.85. The highest BCUT2D eigenvalue weighted by molar-refractivity contribution is 5.88. The van der Waals surface area contributed by atoms with Crippen molar-refractivity contribution in [2.45, 2.75) is 179 Å². The first-order valence-corrected chi connectivity index (χ1v) is 21.4. The number of methoxy groups -OCH3 is 4. The molecule has 0 aromatic rings. The molecule has 4 N–H and O–H groups in total. The molecule has 332 valence electrons. The first kappa shape index (κ1) is 48.4. The number of nitrogens with zero attached hydrogens (tertiary/aromatic N) is 1. The van der Waals surface area contributed by atoms with Crippen LogP contribution in [0.4, 0.5) is 0 Å². The molecule has 1 aliphatic carbocycles. The van der Waals surface area contributed by atoms with Gasteiger partial charge in [-0.05, 0) is 95.5 Å². The van der Waals surface area contributed by atoms with Crippen LogP contribution in [0.25, 0.3) is 0 Å². The number of rotatable bonds is 8. The van der Waals surface area contributed by atoms with Gasteiger partial charge in [-0.3, -0.25) is 9.59 Å². The Balaban J connectivity index is 1.84. The summed E-state index contributed by atoms with van der Waals surface area (Å²) < 4.78 is 35.8. The van der Waals surface area contributed by atoms with Gasteiger partial charge in [0.05, 0.1) is 30.5 Å². The number of ketones is 1. The minimum atomic E-state index is -2.40. The molecule has 14 heteroatoms. The van der Waals surface area contributed by atoms with E-state index in [2.05, 4.69) is 0 Å². The Morgan fingerprint density at radius 1 is 0.879 bits per heavy atom. The predicted molar refractivity (Wildman–Crippen MR) is 215 cm³/mol. The van der Waals surface area contributed by atoms with Crippen LogP contribution in [0.2, 0.25) is 0 Å². The number of allylic oxidation sites excluding steroid dienone is 3. The number of carbonyl (C=O) groups is 3. The molecule has 4 rings (SSSR count).